The molecule has 0 aliphatic rings. The van der Waals surface area contributed by atoms with Gasteiger partial charge in [0.15, 0.2) is 0 Å². The van der Waals surface area contributed by atoms with Crippen molar-refractivity contribution in [3.8, 4) is 5.69 Å². The summed E-state index contributed by atoms with van der Waals surface area (Å²) >= 11 is 6.17. The van der Waals surface area contributed by atoms with Gasteiger partial charge in [-0.05, 0) is 43.7 Å². The molecule has 0 saturated heterocycles. The van der Waals surface area contributed by atoms with Crippen molar-refractivity contribution in [1.82, 2.24) is 9.55 Å². The Hall–Kier alpha value is -1.94. The number of imidazole rings is 1. The average molecular weight is 307 g/mol. The lowest BCUT2D eigenvalue weighted by Gasteiger charge is -2.11. The maximum Gasteiger partial charge on any atom is 0.150 e. The summed E-state index contributed by atoms with van der Waals surface area (Å²) in [5.41, 5.74) is 2.75. The summed E-state index contributed by atoms with van der Waals surface area (Å²) in [4.78, 5) is 4.46. The van der Waals surface area contributed by atoms with E-state index in [0.29, 0.717) is 5.82 Å². The second-order valence-electron chi connectivity index (χ2n) is 5.01. The van der Waals surface area contributed by atoms with E-state index in [1.54, 1.807) is 11.5 Å². The van der Waals surface area contributed by atoms with Gasteiger partial charge in [-0.1, -0.05) is 6.07 Å². The maximum atomic E-state index is 14.2. The van der Waals surface area contributed by atoms with Crippen LogP contribution in [0.4, 0.5) is 8.78 Å². The zero-order valence-electron chi connectivity index (χ0n) is 11.6. The fraction of sp³-hybridized carbons (Fsp3) is 0.188. The van der Waals surface area contributed by atoms with Gasteiger partial charge >= 0.3 is 0 Å². The van der Waals surface area contributed by atoms with Crippen molar-refractivity contribution >= 4 is 22.6 Å². The molecule has 0 aliphatic carbocycles. The number of fused-ring (bicyclic) bond motifs is 1. The standard InChI is InChI=1S/C16H13ClF2N2/c1-9-3-5-13-15(7-9)21(16(20-13)10(2)17)14-6-4-11(18)8-12(14)19/h3-8,10H,1-2H3. The summed E-state index contributed by atoms with van der Waals surface area (Å²) in [6, 6.07) is 9.20. The van der Waals surface area contributed by atoms with Crippen LogP contribution in [0.25, 0.3) is 16.7 Å². The third-order valence-electron chi connectivity index (χ3n) is 3.34. The van der Waals surface area contributed by atoms with Gasteiger partial charge in [0.1, 0.15) is 17.5 Å². The number of alkyl halides is 1. The smallest absolute Gasteiger partial charge is 0.150 e. The van der Waals surface area contributed by atoms with Crippen LogP contribution in [-0.4, -0.2) is 9.55 Å². The van der Waals surface area contributed by atoms with Crippen LogP contribution in [0.3, 0.4) is 0 Å². The first-order valence-electron chi connectivity index (χ1n) is 6.56. The second kappa shape index (κ2) is 5.11. The highest BCUT2D eigenvalue weighted by Crippen LogP contribution is 2.30. The lowest BCUT2D eigenvalue weighted by atomic mass is 10.2. The number of halogens is 3. The Morgan fingerprint density at radius 3 is 2.57 bits per heavy atom. The molecule has 1 heterocycles. The highest BCUT2D eigenvalue weighted by atomic mass is 35.5. The van der Waals surface area contributed by atoms with Crippen molar-refractivity contribution < 1.29 is 8.78 Å². The molecule has 1 aromatic heterocycles. The third kappa shape index (κ3) is 2.40. The second-order valence-corrected chi connectivity index (χ2v) is 5.66. The van der Waals surface area contributed by atoms with Crippen LogP contribution in [0.5, 0.6) is 0 Å². The molecule has 3 aromatic rings. The third-order valence-corrected chi connectivity index (χ3v) is 3.54. The molecule has 2 nitrogen and oxygen atoms in total. The molecular formula is C16H13ClF2N2. The number of hydrogen-bond acceptors (Lipinski definition) is 1. The van der Waals surface area contributed by atoms with E-state index in [0.717, 1.165) is 22.7 Å². The molecule has 0 spiro atoms. The lowest BCUT2D eigenvalue weighted by Crippen LogP contribution is -2.04. The zero-order chi connectivity index (χ0) is 15.1. The molecule has 0 aliphatic heterocycles. The van der Waals surface area contributed by atoms with Crippen LogP contribution >= 0.6 is 11.6 Å². The van der Waals surface area contributed by atoms with E-state index in [4.69, 9.17) is 11.6 Å². The fourth-order valence-electron chi connectivity index (χ4n) is 2.39. The topological polar surface area (TPSA) is 17.8 Å². The molecule has 5 heteroatoms. The van der Waals surface area contributed by atoms with E-state index in [1.165, 1.54) is 12.1 Å². The van der Waals surface area contributed by atoms with Gasteiger partial charge in [0.05, 0.1) is 22.1 Å². The van der Waals surface area contributed by atoms with Crippen LogP contribution in [0, 0.1) is 18.6 Å². The van der Waals surface area contributed by atoms with Crippen molar-refractivity contribution in [2.75, 3.05) is 0 Å². The summed E-state index contributed by atoms with van der Waals surface area (Å²) in [6.45, 7) is 3.72. The minimum absolute atomic E-state index is 0.243. The van der Waals surface area contributed by atoms with Gasteiger partial charge in [-0.2, -0.15) is 0 Å². The molecule has 3 rings (SSSR count). The van der Waals surface area contributed by atoms with Crippen molar-refractivity contribution in [2.24, 2.45) is 0 Å². The molecule has 0 bridgehead atoms. The Kier molecular flexibility index (Phi) is 3.41. The number of hydrogen-bond donors (Lipinski definition) is 0. The van der Waals surface area contributed by atoms with E-state index in [2.05, 4.69) is 4.98 Å². The molecule has 0 radical (unpaired) electrons. The first kappa shape index (κ1) is 14.0. The monoisotopic (exact) mass is 306 g/mol. The lowest BCUT2D eigenvalue weighted by molar-refractivity contribution is 0.577. The van der Waals surface area contributed by atoms with E-state index < -0.39 is 17.0 Å². The first-order valence-corrected chi connectivity index (χ1v) is 6.99. The first-order chi connectivity index (χ1) is 9.97. The summed E-state index contributed by atoms with van der Waals surface area (Å²) in [7, 11) is 0. The molecule has 0 saturated carbocycles. The average Bonchev–Trinajstić information content (AvgIpc) is 2.77. The van der Waals surface area contributed by atoms with Crippen molar-refractivity contribution in [3.05, 3.63) is 59.4 Å². The van der Waals surface area contributed by atoms with Crippen LogP contribution < -0.4 is 0 Å². The van der Waals surface area contributed by atoms with Gasteiger partial charge in [-0.25, -0.2) is 13.8 Å². The summed E-state index contributed by atoms with van der Waals surface area (Å²) in [5, 5.41) is -0.401. The summed E-state index contributed by atoms with van der Waals surface area (Å²) < 4.78 is 28.9. The van der Waals surface area contributed by atoms with E-state index in [9.17, 15) is 8.78 Å². The largest absolute Gasteiger partial charge is 0.292 e. The number of benzene rings is 2. The molecule has 1 unspecified atom stereocenters. The van der Waals surface area contributed by atoms with Gasteiger partial charge in [-0.15, -0.1) is 11.6 Å². The SMILES string of the molecule is Cc1ccc2nc(C(C)Cl)n(-c3ccc(F)cc3F)c2c1. The maximum absolute atomic E-state index is 14.2. The minimum Gasteiger partial charge on any atom is -0.292 e. The normalized spacial score (nSPS) is 12.8. The number of nitrogens with zero attached hydrogens (tertiary/aromatic N) is 2. The van der Waals surface area contributed by atoms with Crippen LogP contribution in [-0.2, 0) is 0 Å². The minimum atomic E-state index is -0.644. The molecule has 1 atom stereocenters. The molecule has 2 aromatic carbocycles. The fourth-order valence-corrected chi connectivity index (χ4v) is 2.53. The van der Waals surface area contributed by atoms with Crippen molar-refractivity contribution in [2.45, 2.75) is 19.2 Å². The molecule has 0 fully saturated rings. The van der Waals surface area contributed by atoms with Crippen LogP contribution in [0.2, 0.25) is 0 Å². The number of aromatic nitrogens is 2. The number of aryl methyl sites for hydroxylation is 1. The van der Waals surface area contributed by atoms with Crippen molar-refractivity contribution in [1.29, 1.82) is 0 Å². The van der Waals surface area contributed by atoms with Gasteiger partial charge in [0, 0.05) is 6.07 Å². The number of rotatable bonds is 2. The molecule has 21 heavy (non-hydrogen) atoms. The Morgan fingerprint density at radius 2 is 1.90 bits per heavy atom. The van der Waals surface area contributed by atoms with Gasteiger partial charge < -0.3 is 0 Å². The highest BCUT2D eigenvalue weighted by molar-refractivity contribution is 6.20. The summed E-state index contributed by atoms with van der Waals surface area (Å²) in [6.07, 6.45) is 0. The van der Waals surface area contributed by atoms with E-state index >= 15 is 0 Å². The predicted molar refractivity (Wildman–Crippen MR) is 80.0 cm³/mol. The Labute approximate surface area is 126 Å². The van der Waals surface area contributed by atoms with Gasteiger partial charge in [0.2, 0.25) is 0 Å². The van der Waals surface area contributed by atoms with Gasteiger partial charge in [0.25, 0.3) is 0 Å². The highest BCUT2D eigenvalue weighted by Gasteiger charge is 2.19. The van der Waals surface area contributed by atoms with Crippen molar-refractivity contribution in [3.63, 3.8) is 0 Å². The molecule has 0 N–H and O–H groups in total. The molecule has 108 valence electrons. The summed E-state index contributed by atoms with van der Waals surface area (Å²) in [5.74, 6) is -0.727. The predicted octanol–water partition coefficient (Wildman–Crippen LogP) is 4.91. The van der Waals surface area contributed by atoms with E-state index in [-0.39, 0.29) is 5.69 Å². The quantitative estimate of drug-likeness (QED) is 0.615. The Balaban J connectivity index is 2.38. The van der Waals surface area contributed by atoms with Crippen LogP contribution in [0.1, 0.15) is 23.7 Å². The van der Waals surface area contributed by atoms with Crippen LogP contribution in [0.15, 0.2) is 36.4 Å². The zero-order valence-corrected chi connectivity index (χ0v) is 12.3. The van der Waals surface area contributed by atoms with Gasteiger partial charge in [-0.3, -0.25) is 4.57 Å². The van der Waals surface area contributed by atoms with E-state index in [1.807, 2.05) is 25.1 Å². The Morgan fingerprint density at radius 1 is 1.14 bits per heavy atom. The molecular weight excluding hydrogens is 294 g/mol. The molecule has 0 amide bonds. The Bertz CT molecular complexity index is 825.